The van der Waals surface area contributed by atoms with Crippen LogP contribution >= 0.6 is 15.9 Å². The zero-order valence-electron chi connectivity index (χ0n) is 9.27. The van der Waals surface area contributed by atoms with Crippen LogP contribution in [0, 0.1) is 11.6 Å². The standard InChI is InChI=1S/C13H11BrF2O/c1-2-5-17-12-4-3-8-6-10(15)11(16)7-9(8)13(12)14/h3-4,6-7H,2,5H2,1H3. The molecule has 1 nitrogen and oxygen atoms in total. The van der Waals surface area contributed by atoms with Crippen LogP contribution in [0.25, 0.3) is 10.8 Å². The van der Waals surface area contributed by atoms with Crippen molar-refractivity contribution in [2.45, 2.75) is 13.3 Å². The van der Waals surface area contributed by atoms with Gasteiger partial charge in [-0.05, 0) is 45.9 Å². The predicted molar refractivity (Wildman–Crippen MR) is 67.4 cm³/mol. The highest BCUT2D eigenvalue weighted by Gasteiger charge is 2.10. The molecule has 4 heteroatoms. The smallest absolute Gasteiger partial charge is 0.159 e. The van der Waals surface area contributed by atoms with Gasteiger partial charge in [0, 0.05) is 5.39 Å². The first-order valence-corrected chi connectivity index (χ1v) is 6.13. The summed E-state index contributed by atoms with van der Waals surface area (Å²) >= 11 is 3.36. The van der Waals surface area contributed by atoms with Gasteiger partial charge in [-0.1, -0.05) is 13.0 Å². The monoisotopic (exact) mass is 300 g/mol. The van der Waals surface area contributed by atoms with E-state index in [4.69, 9.17) is 4.74 Å². The second-order valence-corrected chi connectivity index (χ2v) is 4.51. The van der Waals surface area contributed by atoms with Crippen molar-refractivity contribution in [2.75, 3.05) is 6.61 Å². The molecule has 0 saturated carbocycles. The maximum absolute atomic E-state index is 13.2. The molecule has 0 atom stereocenters. The molecule has 0 fully saturated rings. The first-order valence-electron chi connectivity index (χ1n) is 5.33. The van der Waals surface area contributed by atoms with Crippen LogP contribution in [0.3, 0.4) is 0 Å². The van der Waals surface area contributed by atoms with Crippen LogP contribution < -0.4 is 4.74 Å². The zero-order valence-corrected chi connectivity index (χ0v) is 10.9. The Balaban J connectivity index is 2.54. The largest absolute Gasteiger partial charge is 0.492 e. The SMILES string of the molecule is CCCOc1ccc2cc(F)c(F)cc2c1Br. The quantitative estimate of drug-likeness (QED) is 0.800. The molecule has 0 amide bonds. The van der Waals surface area contributed by atoms with E-state index in [9.17, 15) is 8.78 Å². The van der Waals surface area contributed by atoms with E-state index in [2.05, 4.69) is 15.9 Å². The van der Waals surface area contributed by atoms with Crippen molar-refractivity contribution in [2.24, 2.45) is 0 Å². The molecule has 0 N–H and O–H groups in total. The topological polar surface area (TPSA) is 9.23 Å². The van der Waals surface area contributed by atoms with Crippen LogP contribution in [-0.2, 0) is 0 Å². The van der Waals surface area contributed by atoms with Gasteiger partial charge in [0.05, 0.1) is 11.1 Å². The molecular weight excluding hydrogens is 290 g/mol. The highest BCUT2D eigenvalue weighted by molar-refractivity contribution is 9.10. The maximum atomic E-state index is 13.2. The van der Waals surface area contributed by atoms with E-state index in [-0.39, 0.29) is 0 Å². The van der Waals surface area contributed by atoms with Crippen LogP contribution in [-0.4, -0.2) is 6.61 Å². The van der Waals surface area contributed by atoms with Crippen molar-refractivity contribution in [1.82, 2.24) is 0 Å². The van der Waals surface area contributed by atoms with Crippen LogP contribution in [0.15, 0.2) is 28.7 Å². The molecule has 2 rings (SSSR count). The lowest BCUT2D eigenvalue weighted by atomic mass is 10.1. The van der Waals surface area contributed by atoms with Gasteiger partial charge in [-0.2, -0.15) is 0 Å². The van der Waals surface area contributed by atoms with E-state index in [0.29, 0.717) is 27.6 Å². The minimum absolute atomic E-state index is 0.591. The first kappa shape index (κ1) is 12.3. The molecule has 2 aromatic rings. The van der Waals surface area contributed by atoms with Crippen LogP contribution in [0.5, 0.6) is 5.75 Å². The Morgan fingerprint density at radius 2 is 1.88 bits per heavy atom. The lowest BCUT2D eigenvalue weighted by molar-refractivity contribution is 0.316. The molecule has 17 heavy (non-hydrogen) atoms. The number of hydrogen-bond donors (Lipinski definition) is 0. The summed E-state index contributed by atoms with van der Waals surface area (Å²) in [5.41, 5.74) is 0. The molecule has 0 saturated heterocycles. The highest BCUT2D eigenvalue weighted by atomic mass is 79.9. The van der Waals surface area contributed by atoms with Crippen molar-refractivity contribution < 1.29 is 13.5 Å². The number of hydrogen-bond acceptors (Lipinski definition) is 1. The van der Waals surface area contributed by atoms with Gasteiger partial charge < -0.3 is 4.74 Å². The molecule has 0 bridgehead atoms. The van der Waals surface area contributed by atoms with Gasteiger partial charge in [0.15, 0.2) is 11.6 Å². The van der Waals surface area contributed by atoms with Gasteiger partial charge >= 0.3 is 0 Å². The van der Waals surface area contributed by atoms with Gasteiger partial charge in [-0.15, -0.1) is 0 Å². The summed E-state index contributed by atoms with van der Waals surface area (Å²) < 4.78 is 32.4. The molecule has 0 aliphatic rings. The molecule has 0 aromatic heterocycles. The summed E-state index contributed by atoms with van der Waals surface area (Å²) in [6, 6.07) is 5.82. The third-order valence-electron chi connectivity index (χ3n) is 2.42. The van der Waals surface area contributed by atoms with Crippen molar-refractivity contribution in [3.05, 3.63) is 40.4 Å². The Labute approximate surface area is 107 Å². The summed E-state index contributed by atoms with van der Waals surface area (Å²) in [6.07, 6.45) is 0.891. The van der Waals surface area contributed by atoms with Crippen molar-refractivity contribution in [3.63, 3.8) is 0 Å². The second-order valence-electron chi connectivity index (χ2n) is 3.71. The van der Waals surface area contributed by atoms with Gasteiger partial charge in [0.2, 0.25) is 0 Å². The first-order chi connectivity index (χ1) is 8.13. The number of fused-ring (bicyclic) bond motifs is 1. The molecule has 2 aromatic carbocycles. The molecular formula is C13H11BrF2O. The zero-order chi connectivity index (χ0) is 12.4. The second kappa shape index (κ2) is 5.00. The van der Waals surface area contributed by atoms with E-state index in [1.165, 1.54) is 12.1 Å². The van der Waals surface area contributed by atoms with Gasteiger partial charge in [-0.25, -0.2) is 8.78 Å². The van der Waals surface area contributed by atoms with Crippen molar-refractivity contribution >= 4 is 26.7 Å². The summed E-state index contributed by atoms with van der Waals surface area (Å²) in [7, 11) is 0. The minimum atomic E-state index is -0.856. The average Bonchev–Trinajstić information content (AvgIpc) is 2.31. The Kier molecular flexibility index (Phi) is 3.62. The summed E-state index contributed by atoms with van der Waals surface area (Å²) in [5.74, 6) is -1.05. The minimum Gasteiger partial charge on any atom is -0.492 e. The Bertz CT molecular complexity index is 555. The molecule has 0 unspecified atom stereocenters. The molecule has 0 aliphatic heterocycles. The van der Waals surface area contributed by atoms with Crippen molar-refractivity contribution in [1.29, 1.82) is 0 Å². The molecule has 90 valence electrons. The molecule has 0 aliphatic carbocycles. The number of rotatable bonds is 3. The van der Waals surface area contributed by atoms with E-state index in [1.807, 2.05) is 6.92 Å². The van der Waals surface area contributed by atoms with Gasteiger partial charge in [-0.3, -0.25) is 0 Å². The van der Waals surface area contributed by atoms with Gasteiger partial charge in [0.1, 0.15) is 5.75 Å². The molecule has 0 spiro atoms. The lowest BCUT2D eigenvalue weighted by Crippen LogP contribution is -1.96. The third-order valence-corrected chi connectivity index (χ3v) is 3.24. The normalized spacial score (nSPS) is 10.8. The summed E-state index contributed by atoms with van der Waals surface area (Å²) in [6.45, 7) is 2.60. The third kappa shape index (κ3) is 2.41. The van der Waals surface area contributed by atoms with Crippen LogP contribution in [0.4, 0.5) is 8.78 Å². The predicted octanol–water partition coefficient (Wildman–Crippen LogP) is 4.67. The Hall–Kier alpha value is -1.16. The van der Waals surface area contributed by atoms with Gasteiger partial charge in [0.25, 0.3) is 0 Å². The fraction of sp³-hybridized carbons (Fsp3) is 0.231. The highest BCUT2D eigenvalue weighted by Crippen LogP contribution is 2.34. The maximum Gasteiger partial charge on any atom is 0.159 e. The molecule has 0 radical (unpaired) electrons. The summed E-state index contributed by atoms with van der Waals surface area (Å²) in [4.78, 5) is 0. The lowest BCUT2D eigenvalue weighted by Gasteiger charge is -2.09. The van der Waals surface area contributed by atoms with Crippen molar-refractivity contribution in [3.8, 4) is 5.75 Å². The van der Waals surface area contributed by atoms with E-state index in [0.717, 1.165) is 6.42 Å². The Morgan fingerprint density at radius 1 is 1.18 bits per heavy atom. The average molecular weight is 301 g/mol. The van der Waals surface area contributed by atoms with Crippen LogP contribution in [0.1, 0.15) is 13.3 Å². The van der Waals surface area contributed by atoms with E-state index in [1.54, 1.807) is 12.1 Å². The number of ether oxygens (including phenoxy) is 1. The fourth-order valence-electron chi connectivity index (χ4n) is 1.59. The summed E-state index contributed by atoms with van der Waals surface area (Å²) in [5, 5.41) is 1.25. The van der Waals surface area contributed by atoms with E-state index < -0.39 is 11.6 Å². The number of halogens is 3. The van der Waals surface area contributed by atoms with E-state index >= 15 is 0 Å². The Morgan fingerprint density at radius 3 is 2.59 bits per heavy atom. The van der Waals surface area contributed by atoms with Crippen LogP contribution in [0.2, 0.25) is 0 Å². The number of benzene rings is 2. The fourth-order valence-corrected chi connectivity index (χ4v) is 2.18. The molecule has 0 heterocycles.